The van der Waals surface area contributed by atoms with Gasteiger partial charge in [0.15, 0.2) is 0 Å². The second-order valence-electron chi connectivity index (χ2n) is 10.8. The van der Waals surface area contributed by atoms with Crippen LogP contribution >= 0.6 is 12.2 Å². The fourth-order valence-electron chi connectivity index (χ4n) is 5.95. The molecule has 0 amide bonds. The fourth-order valence-corrected chi connectivity index (χ4v) is 6.25. The SMILES string of the molecule is C.C.C.C.C.C.C.C.C=CCNCC=C.CCC1CN(C(=S)[S-])CC1CC.CCC1CNCC1CC.CCC1C[NH2+]CC1CC.[Cl-]. The van der Waals surface area contributed by atoms with E-state index in [1.54, 1.807) is 0 Å². The first kappa shape index (κ1) is 71.7. The molecule has 0 spiro atoms. The molecule has 0 aliphatic carbocycles. The quantitative estimate of drug-likeness (QED) is 0.0947. The number of quaternary nitrogens is 1. The number of nitrogens with two attached hydrogens (primary N) is 1. The van der Waals surface area contributed by atoms with E-state index in [4.69, 9.17) is 24.8 Å². The predicted octanol–water partition coefficient (Wildman–Crippen LogP) is 7.48. The minimum absolute atomic E-state index is 0. The first-order chi connectivity index (χ1) is 17.9. The van der Waals surface area contributed by atoms with Crippen LogP contribution in [0.15, 0.2) is 25.3 Å². The normalized spacial score (nSPS) is 22.7. The van der Waals surface area contributed by atoms with Crippen LogP contribution in [-0.4, -0.2) is 61.6 Å². The number of hydrogen-bond donors (Lipinski definition) is 3. The maximum absolute atomic E-state index is 5.00. The minimum Gasteiger partial charge on any atom is -1.00 e. The first-order valence-corrected chi connectivity index (χ1v) is 16.1. The molecule has 7 heteroatoms. The zero-order valence-corrected chi connectivity index (χ0v) is 28.0. The van der Waals surface area contributed by atoms with Crippen LogP contribution in [0.3, 0.4) is 0 Å². The van der Waals surface area contributed by atoms with Crippen molar-refractivity contribution in [3.8, 4) is 0 Å². The van der Waals surface area contributed by atoms with Gasteiger partial charge in [-0.3, -0.25) is 0 Å². The van der Waals surface area contributed by atoms with Gasteiger partial charge in [-0.1, -0.05) is 143 Å². The van der Waals surface area contributed by atoms with Crippen molar-refractivity contribution in [2.45, 2.75) is 139 Å². The van der Waals surface area contributed by atoms with Crippen LogP contribution in [0.25, 0.3) is 0 Å². The molecule has 0 aromatic rings. The molecule has 6 unspecified atom stereocenters. The van der Waals surface area contributed by atoms with Gasteiger partial charge in [0.25, 0.3) is 0 Å². The Hall–Kier alpha value is -0.240. The number of likely N-dealkylation sites (tertiary alicyclic amines) is 1. The highest BCUT2D eigenvalue weighted by Gasteiger charge is 2.29. The van der Waals surface area contributed by atoms with Crippen molar-refractivity contribution < 1.29 is 17.7 Å². The van der Waals surface area contributed by atoms with Gasteiger partial charge >= 0.3 is 0 Å². The van der Waals surface area contributed by atoms with Gasteiger partial charge < -0.3 is 58.1 Å². The highest BCUT2D eigenvalue weighted by atomic mass is 35.5. The Kier molecular flexibility index (Phi) is 73.1. The fraction of sp³-hybridized carbons (Fsp3) is 0.872. The van der Waals surface area contributed by atoms with E-state index in [2.05, 4.69) is 75.6 Å². The number of nitrogens with one attached hydrogen (secondary N) is 2. The van der Waals surface area contributed by atoms with Crippen LogP contribution in [-0.2, 0) is 12.6 Å². The Morgan fingerprint density at radius 1 is 0.674 bits per heavy atom. The predicted molar refractivity (Wildman–Crippen MR) is 226 cm³/mol. The molecule has 3 rings (SSSR count). The Labute approximate surface area is 313 Å². The second kappa shape index (κ2) is 46.9. The van der Waals surface area contributed by atoms with Gasteiger partial charge in [-0.15, -0.1) is 13.2 Å². The lowest BCUT2D eigenvalue weighted by Gasteiger charge is -2.22. The lowest BCUT2D eigenvalue weighted by Crippen LogP contribution is -3.00. The van der Waals surface area contributed by atoms with Gasteiger partial charge in [-0.05, 0) is 49.6 Å². The highest BCUT2D eigenvalue weighted by molar-refractivity contribution is 8.00. The summed E-state index contributed by atoms with van der Waals surface area (Å²) >= 11 is 10.00. The van der Waals surface area contributed by atoms with Gasteiger partial charge in [0.1, 0.15) is 0 Å². The van der Waals surface area contributed by atoms with E-state index in [-0.39, 0.29) is 71.8 Å². The summed E-state index contributed by atoms with van der Waals surface area (Å²) in [6.45, 7) is 30.0. The molecule has 0 aromatic carbocycles. The smallest absolute Gasteiger partial charge is 0.0788 e. The van der Waals surface area contributed by atoms with Crippen molar-refractivity contribution in [1.29, 1.82) is 0 Å². The number of thiocarbonyl (C=S) groups is 1. The Morgan fingerprint density at radius 3 is 1.22 bits per heavy atom. The van der Waals surface area contributed by atoms with Crippen molar-refractivity contribution in [2.75, 3.05) is 52.4 Å². The molecule has 0 bridgehead atoms. The van der Waals surface area contributed by atoms with E-state index in [1.165, 1.54) is 64.7 Å². The van der Waals surface area contributed by atoms with Crippen LogP contribution < -0.4 is 28.4 Å². The molecule has 3 fully saturated rings. The number of nitrogens with zero attached hydrogens (tertiary/aromatic N) is 1. The second-order valence-corrected chi connectivity index (χ2v) is 11.9. The molecule has 3 saturated heterocycles. The van der Waals surface area contributed by atoms with Crippen molar-refractivity contribution in [3.05, 3.63) is 25.3 Å². The average Bonchev–Trinajstić information content (AvgIpc) is 3.68. The molecular formula is C39H94ClN4S2-. The number of halogens is 1. The van der Waals surface area contributed by atoms with Crippen molar-refractivity contribution in [1.82, 2.24) is 15.5 Å². The highest BCUT2D eigenvalue weighted by Crippen LogP contribution is 2.28. The van der Waals surface area contributed by atoms with Gasteiger partial charge in [0, 0.05) is 38.0 Å². The first-order valence-electron chi connectivity index (χ1n) is 15.3. The summed E-state index contributed by atoms with van der Waals surface area (Å²) in [5.41, 5.74) is 0. The van der Waals surface area contributed by atoms with Gasteiger partial charge in [0.05, 0.1) is 13.1 Å². The summed E-state index contributed by atoms with van der Waals surface area (Å²) in [6.07, 6.45) is 11.6. The zero-order valence-electron chi connectivity index (χ0n) is 25.7. The van der Waals surface area contributed by atoms with Crippen LogP contribution in [0.5, 0.6) is 0 Å². The molecule has 0 radical (unpaired) electrons. The molecule has 0 saturated carbocycles. The van der Waals surface area contributed by atoms with E-state index in [1.807, 2.05) is 12.2 Å². The monoisotopic (exact) mass is 718 g/mol. The Bertz CT molecular complexity index is 532. The molecule has 0 aromatic heterocycles. The van der Waals surface area contributed by atoms with Crippen LogP contribution in [0.4, 0.5) is 0 Å². The summed E-state index contributed by atoms with van der Waals surface area (Å²) < 4.78 is 0.657. The molecule has 4 N–H and O–H groups in total. The molecule has 3 heterocycles. The summed E-state index contributed by atoms with van der Waals surface area (Å²) in [6, 6.07) is 0. The maximum Gasteiger partial charge on any atom is 0.0788 e. The van der Waals surface area contributed by atoms with Crippen LogP contribution in [0.2, 0.25) is 0 Å². The summed E-state index contributed by atoms with van der Waals surface area (Å²) in [5, 5.41) is 8.93. The number of rotatable bonds is 10. The standard InChI is InChI=1S/C9H17NS2.2C8H17N.C6H11N.8CH4.ClH/c1-3-7-5-10(9(11)12)6-8(7)4-2;2*1-3-7-5-9-6-8(7)4-2;1-3-5-7-6-4-2;;;;;;;;;/h7-8H,3-6H2,1-2H3,(H,11,12);2*7-9H,3-6H2,1-2H3;3-4,7H,1-2,5-6H2;8*1H4;1H/p-1. The van der Waals surface area contributed by atoms with Crippen molar-refractivity contribution in [2.24, 2.45) is 35.5 Å². The van der Waals surface area contributed by atoms with E-state index in [0.717, 1.165) is 61.7 Å². The minimum atomic E-state index is 0. The van der Waals surface area contributed by atoms with Crippen molar-refractivity contribution >= 4 is 29.2 Å². The van der Waals surface area contributed by atoms with E-state index < -0.39 is 0 Å². The van der Waals surface area contributed by atoms with E-state index in [0.29, 0.717) is 4.32 Å². The van der Waals surface area contributed by atoms with Gasteiger partial charge in [-0.2, -0.15) is 0 Å². The Balaban J connectivity index is -0.0000000447. The van der Waals surface area contributed by atoms with Gasteiger partial charge in [-0.25, -0.2) is 0 Å². The summed E-state index contributed by atoms with van der Waals surface area (Å²) in [7, 11) is 0. The molecule has 290 valence electrons. The molecule has 4 nitrogen and oxygen atoms in total. The molecule has 3 aliphatic heterocycles. The summed E-state index contributed by atoms with van der Waals surface area (Å²) in [4.78, 5) is 2.17. The third kappa shape index (κ3) is 29.9. The summed E-state index contributed by atoms with van der Waals surface area (Å²) in [5.74, 6) is 5.61. The van der Waals surface area contributed by atoms with Crippen molar-refractivity contribution in [3.63, 3.8) is 0 Å². The van der Waals surface area contributed by atoms with Crippen LogP contribution in [0.1, 0.15) is 139 Å². The zero-order chi connectivity index (χ0) is 28.1. The lowest BCUT2D eigenvalue weighted by molar-refractivity contribution is -0.640. The van der Waals surface area contributed by atoms with E-state index in [9.17, 15) is 0 Å². The topological polar surface area (TPSA) is 43.9 Å². The third-order valence-electron chi connectivity index (χ3n) is 8.64. The maximum atomic E-state index is 5.00. The third-order valence-corrected chi connectivity index (χ3v) is 9.16. The lowest BCUT2D eigenvalue weighted by atomic mass is 9.92. The molecule has 6 atom stereocenters. The van der Waals surface area contributed by atoms with E-state index >= 15 is 0 Å². The molecular weight excluding hydrogens is 624 g/mol. The van der Waals surface area contributed by atoms with Crippen LogP contribution in [0, 0.1) is 35.5 Å². The van der Waals surface area contributed by atoms with Gasteiger partial charge in [0.2, 0.25) is 0 Å². The Morgan fingerprint density at radius 2 is 0.978 bits per heavy atom. The average molecular weight is 719 g/mol. The number of hydrogen-bond acceptors (Lipinski definition) is 4. The largest absolute Gasteiger partial charge is 1.00 e. The molecule has 3 aliphatic rings. The molecule has 46 heavy (non-hydrogen) atoms.